The zero-order valence-corrected chi connectivity index (χ0v) is 12.1. The molecule has 3 N–H and O–H groups in total. The lowest BCUT2D eigenvalue weighted by atomic mass is 10.0. The maximum Gasteiger partial charge on any atom is 0.238 e. The number of carbonyl (C=O) groups excluding carboxylic acids is 2. The van der Waals surface area contributed by atoms with Crippen molar-refractivity contribution < 1.29 is 14.0 Å². The maximum absolute atomic E-state index is 13.2. The van der Waals surface area contributed by atoms with E-state index in [0.717, 1.165) is 18.4 Å². The van der Waals surface area contributed by atoms with Crippen LogP contribution in [0.25, 0.3) is 0 Å². The molecule has 1 aliphatic heterocycles. The molecule has 114 valence electrons. The smallest absolute Gasteiger partial charge is 0.238 e. The van der Waals surface area contributed by atoms with Crippen molar-refractivity contribution in [3.63, 3.8) is 0 Å². The first-order chi connectivity index (χ1) is 9.97. The zero-order valence-electron chi connectivity index (χ0n) is 12.1. The Morgan fingerprint density at radius 3 is 2.90 bits per heavy atom. The van der Waals surface area contributed by atoms with Crippen LogP contribution in [-0.4, -0.2) is 35.8 Å². The molecule has 5 nitrogen and oxygen atoms in total. The van der Waals surface area contributed by atoms with Gasteiger partial charge >= 0.3 is 0 Å². The molecule has 1 aromatic rings. The highest BCUT2D eigenvalue weighted by Crippen LogP contribution is 2.18. The third-order valence-electron chi connectivity index (χ3n) is 3.76. The van der Waals surface area contributed by atoms with Gasteiger partial charge in [0.25, 0.3) is 0 Å². The van der Waals surface area contributed by atoms with Crippen LogP contribution in [0, 0.1) is 12.7 Å². The van der Waals surface area contributed by atoms with Crippen molar-refractivity contribution in [2.45, 2.75) is 32.2 Å². The quantitative estimate of drug-likeness (QED) is 0.881. The van der Waals surface area contributed by atoms with E-state index in [1.54, 1.807) is 17.9 Å². The third kappa shape index (κ3) is 4.01. The monoisotopic (exact) mass is 293 g/mol. The van der Waals surface area contributed by atoms with E-state index in [-0.39, 0.29) is 12.5 Å². The van der Waals surface area contributed by atoms with Gasteiger partial charge in [0.05, 0.1) is 12.6 Å². The number of hydrogen-bond acceptors (Lipinski definition) is 3. The largest absolute Gasteiger partial charge is 0.368 e. The third-order valence-corrected chi connectivity index (χ3v) is 3.76. The maximum atomic E-state index is 13.2. The van der Waals surface area contributed by atoms with Gasteiger partial charge in [0.1, 0.15) is 5.82 Å². The van der Waals surface area contributed by atoms with Gasteiger partial charge in [-0.05, 0) is 44.0 Å². The summed E-state index contributed by atoms with van der Waals surface area (Å²) in [5, 5.41) is 2.69. The van der Waals surface area contributed by atoms with Gasteiger partial charge in [0, 0.05) is 5.69 Å². The first-order valence-corrected chi connectivity index (χ1v) is 7.07. The number of anilines is 1. The molecule has 0 radical (unpaired) electrons. The van der Waals surface area contributed by atoms with E-state index in [2.05, 4.69) is 5.32 Å². The standard InChI is InChI=1S/C15H20FN3O2/c1-10-5-6-11(16)8-12(10)18-14(20)9-19-7-3-2-4-13(19)15(17)21/h5-6,8,13H,2-4,7,9H2,1H3,(H2,17,21)(H,18,20)/t13-/m1/s1. The van der Waals surface area contributed by atoms with Gasteiger partial charge in [-0.1, -0.05) is 12.5 Å². The molecule has 0 spiro atoms. The molecule has 0 unspecified atom stereocenters. The van der Waals surface area contributed by atoms with Gasteiger partial charge in [-0.15, -0.1) is 0 Å². The highest BCUT2D eigenvalue weighted by atomic mass is 19.1. The molecule has 1 atom stereocenters. The minimum absolute atomic E-state index is 0.0869. The minimum atomic E-state index is -0.399. The van der Waals surface area contributed by atoms with E-state index >= 15 is 0 Å². The number of likely N-dealkylation sites (tertiary alicyclic amines) is 1. The number of amides is 2. The first-order valence-electron chi connectivity index (χ1n) is 7.07. The molecule has 6 heteroatoms. The van der Waals surface area contributed by atoms with Crippen molar-refractivity contribution in [3.05, 3.63) is 29.6 Å². The van der Waals surface area contributed by atoms with Crippen LogP contribution in [0.1, 0.15) is 24.8 Å². The predicted molar refractivity (Wildman–Crippen MR) is 78.2 cm³/mol. The SMILES string of the molecule is Cc1ccc(F)cc1NC(=O)CN1CCCC[C@@H]1C(N)=O. The fourth-order valence-corrected chi connectivity index (χ4v) is 2.61. The molecule has 1 saturated heterocycles. The lowest BCUT2D eigenvalue weighted by Gasteiger charge is -2.32. The molecule has 2 amide bonds. The van der Waals surface area contributed by atoms with Crippen molar-refractivity contribution >= 4 is 17.5 Å². The van der Waals surface area contributed by atoms with E-state index in [9.17, 15) is 14.0 Å². The van der Waals surface area contributed by atoms with Gasteiger partial charge in [-0.25, -0.2) is 4.39 Å². The Morgan fingerprint density at radius 2 is 2.19 bits per heavy atom. The summed E-state index contributed by atoms with van der Waals surface area (Å²) in [7, 11) is 0. The summed E-state index contributed by atoms with van der Waals surface area (Å²) in [5.41, 5.74) is 6.61. The predicted octanol–water partition coefficient (Wildman–Crippen LogP) is 1.41. The summed E-state index contributed by atoms with van der Waals surface area (Å²) in [5.74, 6) is -1.06. The summed E-state index contributed by atoms with van der Waals surface area (Å²) >= 11 is 0. The van der Waals surface area contributed by atoms with Crippen LogP contribution in [0.3, 0.4) is 0 Å². The molecular weight excluding hydrogens is 273 g/mol. The second-order valence-electron chi connectivity index (χ2n) is 5.39. The van der Waals surface area contributed by atoms with Gasteiger partial charge in [-0.2, -0.15) is 0 Å². The van der Waals surface area contributed by atoms with Crippen LogP contribution in [0.5, 0.6) is 0 Å². The number of carbonyl (C=O) groups is 2. The summed E-state index contributed by atoms with van der Waals surface area (Å²) in [6.45, 7) is 2.55. The summed E-state index contributed by atoms with van der Waals surface area (Å²) in [6.07, 6.45) is 2.56. The average molecular weight is 293 g/mol. The number of benzene rings is 1. The lowest BCUT2D eigenvalue weighted by molar-refractivity contribution is -0.126. The number of nitrogens with zero attached hydrogens (tertiary/aromatic N) is 1. The van der Waals surface area contributed by atoms with Crippen molar-refractivity contribution in [1.82, 2.24) is 4.90 Å². The molecule has 1 heterocycles. The van der Waals surface area contributed by atoms with Crippen LogP contribution >= 0.6 is 0 Å². The Morgan fingerprint density at radius 1 is 1.43 bits per heavy atom. The number of primary amides is 1. The van der Waals surface area contributed by atoms with E-state index < -0.39 is 17.8 Å². The first kappa shape index (κ1) is 15.4. The van der Waals surface area contributed by atoms with Gasteiger partial charge < -0.3 is 11.1 Å². The lowest BCUT2D eigenvalue weighted by Crippen LogP contribution is -2.50. The Hall–Kier alpha value is -1.95. The van der Waals surface area contributed by atoms with Crippen molar-refractivity contribution in [2.24, 2.45) is 5.73 Å². The van der Waals surface area contributed by atoms with Crippen molar-refractivity contribution in [3.8, 4) is 0 Å². The van der Waals surface area contributed by atoms with Gasteiger partial charge in [0.2, 0.25) is 11.8 Å². The molecule has 0 bridgehead atoms. The van der Waals surface area contributed by atoms with Crippen LogP contribution in [0.15, 0.2) is 18.2 Å². The van der Waals surface area contributed by atoms with Gasteiger partial charge in [0.15, 0.2) is 0 Å². The number of halogens is 1. The van der Waals surface area contributed by atoms with Gasteiger partial charge in [-0.3, -0.25) is 14.5 Å². The van der Waals surface area contributed by atoms with Crippen LogP contribution in [-0.2, 0) is 9.59 Å². The second kappa shape index (κ2) is 6.67. The number of rotatable bonds is 4. The summed E-state index contributed by atoms with van der Waals surface area (Å²) < 4.78 is 13.2. The molecule has 1 fully saturated rings. The van der Waals surface area contributed by atoms with Crippen LogP contribution < -0.4 is 11.1 Å². The molecule has 0 saturated carbocycles. The number of aryl methyl sites for hydroxylation is 1. The highest BCUT2D eigenvalue weighted by molar-refractivity contribution is 5.93. The molecular formula is C15H20FN3O2. The fourth-order valence-electron chi connectivity index (χ4n) is 2.61. The van der Waals surface area contributed by atoms with Crippen molar-refractivity contribution in [1.29, 1.82) is 0 Å². The molecule has 0 aromatic heterocycles. The molecule has 2 rings (SSSR count). The number of piperidine rings is 1. The Labute approximate surface area is 123 Å². The average Bonchev–Trinajstić information content (AvgIpc) is 2.43. The number of nitrogens with one attached hydrogen (secondary N) is 1. The van der Waals surface area contributed by atoms with Crippen LogP contribution in [0.4, 0.5) is 10.1 Å². The Kier molecular flexibility index (Phi) is 4.90. The Bertz CT molecular complexity index is 548. The molecule has 1 aliphatic rings. The van der Waals surface area contributed by atoms with E-state index in [1.165, 1.54) is 12.1 Å². The zero-order chi connectivity index (χ0) is 15.4. The molecule has 21 heavy (non-hydrogen) atoms. The molecule has 1 aromatic carbocycles. The highest BCUT2D eigenvalue weighted by Gasteiger charge is 2.28. The number of hydrogen-bond donors (Lipinski definition) is 2. The number of nitrogens with two attached hydrogens (primary N) is 1. The van der Waals surface area contributed by atoms with E-state index in [4.69, 9.17) is 5.73 Å². The van der Waals surface area contributed by atoms with E-state index in [1.807, 2.05) is 0 Å². The minimum Gasteiger partial charge on any atom is -0.368 e. The topological polar surface area (TPSA) is 75.4 Å². The van der Waals surface area contributed by atoms with Crippen molar-refractivity contribution in [2.75, 3.05) is 18.4 Å². The summed E-state index contributed by atoms with van der Waals surface area (Å²) in [4.78, 5) is 25.3. The fraction of sp³-hybridized carbons (Fsp3) is 0.467. The normalized spacial score (nSPS) is 19.2. The molecule has 0 aliphatic carbocycles. The summed E-state index contributed by atoms with van der Waals surface area (Å²) in [6, 6.07) is 3.85. The van der Waals surface area contributed by atoms with Crippen LogP contribution in [0.2, 0.25) is 0 Å². The van der Waals surface area contributed by atoms with E-state index in [0.29, 0.717) is 18.7 Å². The second-order valence-corrected chi connectivity index (χ2v) is 5.39. The Balaban J connectivity index is 2.00.